The number of rotatable bonds is 4. The summed E-state index contributed by atoms with van der Waals surface area (Å²) >= 11 is 0. The lowest BCUT2D eigenvalue weighted by molar-refractivity contribution is 0.134. The van der Waals surface area contributed by atoms with E-state index in [2.05, 4.69) is 31.2 Å². The van der Waals surface area contributed by atoms with Crippen molar-refractivity contribution in [1.82, 2.24) is 4.90 Å². The van der Waals surface area contributed by atoms with Crippen LogP contribution in [0, 0.1) is 6.92 Å². The van der Waals surface area contributed by atoms with Gasteiger partial charge in [-0.3, -0.25) is 4.90 Å². The van der Waals surface area contributed by atoms with E-state index in [0.717, 1.165) is 13.0 Å². The zero-order valence-electron chi connectivity index (χ0n) is 8.33. The molecular formula is C11H17NO. The lowest BCUT2D eigenvalue weighted by atomic mass is 10.1. The van der Waals surface area contributed by atoms with Gasteiger partial charge in [0.05, 0.1) is 6.73 Å². The molecule has 1 rings (SSSR count). The summed E-state index contributed by atoms with van der Waals surface area (Å²) in [5.74, 6) is 0. The maximum atomic E-state index is 8.81. The Morgan fingerprint density at radius 2 is 2.00 bits per heavy atom. The lowest BCUT2D eigenvalue weighted by Crippen LogP contribution is -2.22. The molecule has 0 aromatic heterocycles. The minimum absolute atomic E-state index is 0.131. The fourth-order valence-corrected chi connectivity index (χ4v) is 1.27. The van der Waals surface area contributed by atoms with Crippen molar-refractivity contribution in [3.8, 4) is 0 Å². The Hall–Kier alpha value is -0.860. The Kier molecular flexibility index (Phi) is 3.93. The third kappa shape index (κ3) is 3.17. The number of hydrogen-bond acceptors (Lipinski definition) is 2. The van der Waals surface area contributed by atoms with E-state index in [1.54, 1.807) is 0 Å². The van der Waals surface area contributed by atoms with Crippen LogP contribution >= 0.6 is 0 Å². The molecule has 2 heteroatoms. The van der Waals surface area contributed by atoms with Gasteiger partial charge in [-0.15, -0.1) is 0 Å². The molecule has 1 aromatic carbocycles. The van der Waals surface area contributed by atoms with Crippen molar-refractivity contribution < 1.29 is 5.11 Å². The second kappa shape index (κ2) is 5.00. The summed E-state index contributed by atoms with van der Waals surface area (Å²) in [6.07, 6.45) is 1.00. The van der Waals surface area contributed by atoms with Crippen LogP contribution in [0.5, 0.6) is 0 Å². The molecule has 0 bridgehead atoms. The molecule has 13 heavy (non-hydrogen) atoms. The second-order valence-electron chi connectivity index (χ2n) is 3.40. The monoisotopic (exact) mass is 179 g/mol. The first-order chi connectivity index (χ1) is 6.24. The number of aliphatic hydroxyl groups excluding tert-OH is 1. The van der Waals surface area contributed by atoms with Crippen LogP contribution in [0.3, 0.4) is 0 Å². The first-order valence-electron chi connectivity index (χ1n) is 4.58. The predicted octanol–water partition coefficient (Wildman–Crippen LogP) is 1.42. The van der Waals surface area contributed by atoms with Crippen molar-refractivity contribution in [3.05, 3.63) is 35.4 Å². The molecule has 0 atom stereocenters. The topological polar surface area (TPSA) is 23.5 Å². The van der Waals surface area contributed by atoms with Crippen LogP contribution in [-0.2, 0) is 6.42 Å². The van der Waals surface area contributed by atoms with Crippen LogP contribution in [0.1, 0.15) is 11.1 Å². The third-order valence-electron chi connectivity index (χ3n) is 2.27. The SMILES string of the molecule is Cc1ccccc1CCN(C)CO. The van der Waals surface area contributed by atoms with Crippen molar-refractivity contribution in [2.45, 2.75) is 13.3 Å². The van der Waals surface area contributed by atoms with E-state index < -0.39 is 0 Å². The summed E-state index contributed by atoms with van der Waals surface area (Å²) in [5.41, 5.74) is 2.69. The van der Waals surface area contributed by atoms with E-state index in [-0.39, 0.29) is 6.73 Å². The highest BCUT2D eigenvalue weighted by Crippen LogP contribution is 2.07. The van der Waals surface area contributed by atoms with Crippen molar-refractivity contribution in [2.24, 2.45) is 0 Å². The van der Waals surface area contributed by atoms with Gasteiger partial charge in [0.15, 0.2) is 0 Å². The molecular weight excluding hydrogens is 162 g/mol. The number of benzene rings is 1. The fourth-order valence-electron chi connectivity index (χ4n) is 1.27. The van der Waals surface area contributed by atoms with E-state index in [1.165, 1.54) is 11.1 Å². The summed E-state index contributed by atoms with van der Waals surface area (Å²) < 4.78 is 0. The quantitative estimate of drug-likeness (QED) is 0.707. The van der Waals surface area contributed by atoms with Gasteiger partial charge in [-0.05, 0) is 31.5 Å². The zero-order valence-corrected chi connectivity index (χ0v) is 8.33. The van der Waals surface area contributed by atoms with Crippen molar-refractivity contribution >= 4 is 0 Å². The van der Waals surface area contributed by atoms with Crippen LogP contribution in [-0.4, -0.2) is 30.3 Å². The van der Waals surface area contributed by atoms with E-state index in [1.807, 2.05) is 11.9 Å². The minimum atomic E-state index is 0.131. The first kappa shape index (κ1) is 10.2. The number of nitrogens with zero attached hydrogens (tertiary/aromatic N) is 1. The van der Waals surface area contributed by atoms with Crippen LogP contribution in [0.25, 0.3) is 0 Å². The van der Waals surface area contributed by atoms with Crippen LogP contribution in [0.2, 0.25) is 0 Å². The summed E-state index contributed by atoms with van der Waals surface area (Å²) in [6, 6.07) is 8.37. The van der Waals surface area contributed by atoms with E-state index in [9.17, 15) is 0 Å². The molecule has 0 aliphatic heterocycles. The summed E-state index contributed by atoms with van der Waals surface area (Å²) in [6.45, 7) is 3.15. The first-order valence-corrected chi connectivity index (χ1v) is 4.58. The Morgan fingerprint density at radius 3 is 2.62 bits per heavy atom. The Morgan fingerprint density at radius 1 is 1.31 bits per heavy atom. The van der Waals surface area contributed by atoms with Crippen molar-refractivity contribution in [2.75, 3.05) is 20.3 Å². The highest BCUT2D eigenvalue weighted by molar-refractivity contribution is 5.25. The molecule has 0 unspecified atom stereocenters. The van der Waals surface area contributed by atoms with E-state index in [0.29, 0.717) is 0 Å². The van der Waals surface area contributed by atoms with Gasteiger partial charge in [0.2, 0.25) is 0 Å². The maximum absolute atomic E-state index is 8.81. The lowest BCUT2D eigenvalue weighted by Gasteiger charge is -2.13. The smallest absolute Gasteiger partial charge is 0.0954 e. The molecule has 0 aliphatic carbocycles. The molecule has 0 heterocycles. The van der Waals surface area contributed by atoms with Gasteiger partial charge in [-0.2, -0.15) is 0 Å². The largest absolute Gasteiger partial charge is 0.381 e. The predicted molar refractivity (Wildman–Crippen MR) is 54.6 cm³/mol. The highest BCUT2D eigenvalue weighted by atomic mass is 16.3. The summed E-state index contributed by atoms with van der Waals surface area (Å²) in [5, 5.41) is 8.81. The van der Waals surface area contributed by atoms with E-state index in [4.69, 9.17) is 5.11 Å². The standard InChI is InChI=1S/C11H17NO/c1-10-5-3-4-6-11(10)7-8-12(2)9-13/h3-6,13H,7-9H2,1-2H3. The molecule has 0 saturated carbocycles. The molecule has 0 spiro atoms. The van der Waals surface area contributed by atoms with Crippen LogP contribution < -0.4 is 0 Å². The highest BCUT2D eigenvalue weighted by Gasteiger charge is 1.99. The van der Waals surface area contributed by atoms with Gasteiger partial charge in [-0.25, -0.2) is 0 Å². The van der Waals surface area contributed by atoms with E-state index >= 15 is 0 Å². The van der Waals surface area contributed by atoms with Crippen molar-refractivity contribution in [3.63, 3.8) is 0 Å². The maximum Gasteiger partial charge on any atom is 0.0954 e. The van der Waals surface area contributed by atoms with Gasteiger partial charge in [0.25, 0.3) is 0 Å². The van der Waals surface area contributed by atoms with Gasteiger partial charge in [-0.1, -0.05) is 24.3 Å². The van der Waals surface area contributed by atoms with Crippen LogP contribution in [0.15, 0.2) is 24.3 Å². The molecule has 0 amide bonds. The van der Waals surface area contributed by atoms with Crippen molar-refractivity contribution in [1.29, 1.82) is 0 Å². The summed E-state index contributed by atoms with van der Waals surface area (Å²) in [4.78, 5) is 1.90. The average molecular weight is 179 g/mol. The fraction of sp³-hybridized carbons (Fsp3) is 0.455. The minimum Gasteiger partial charge on any atom is -0.381 e. The Labute approximate surface area is 79.8 Å². The molecule has 72 valence electrons. The number of aryl methyl sites for hydroxylation is 1. The molecule has 2 nitrogen and oxygen atoms in total. The normalized spacial score (nSPS) is 10.8. The van der Waals surface area contributed by atoms with Gasteiger partial charge < -0.3 is 5.11 Å². The molecule has 0 saturated heterocycles. The van der Waals surface area contributed by atoms with Crippen LogP contribution in [0.4, 0.5) is 0 Å². The molecule has 1 N–H and O–H groups in total. The molecule has 0 aliphatic rings. The Balaban J connectivity index is 2.50. The summed E-state index contributed by atoms with van der Waals surface area (Å²) in [7, 11) is 1.91. The molecule has 1 aromatic rings. The molecule has 0 fully saturated rings. The average Bonchev–Trinajstić information content (AvgIpc) is 2.16. The van der Waals surface area contributed by atoms with Gasteiger partial charge in [0.1, 0.15) is 0 Å². The number of hydrogen-bond donors (Lipinski definition) is 1. The van der Waals surface area contributed by atoms with Gasteiger partial charge in [0, 0.05) is 6.54 Å². The number of likely N-dealkylation sites (N-methyl/N-ethyl adjacent to an activating group) is 1. The number of aliphatic hydroxyl groups is 1. The zero-order chi connectivity index (χ0) is 9.68. The Bertz CT molecular complexity index is 260. The third-order valence-corrected chi connectivity index (χ3v) is 2.27. The second-order valence-corrected chi connectivity index (χ2v) is 3.40. The molecule has 0 radical (unpaired) electrons. The van der Waals surface area contributed by atoms with Gasteiger partial charge >= 0.3 is 0 Å².